The van der Waals surface area contributed by atoms with Gasteiger partial charge in [0, 0.05) is 5.69 Å². The summed E-state index contributed by atoms with van der Waals surface area (Å²) in [5.74, 6) is -2.10. The van der Waals surface area contributed by atoms with Crippen LogP contribution in [0.3, 0.4) is 0 Å². The largest absolute Gasteiger partial charge is 0.573 e. The number of hydrogen-bond acceptors (Lipinski definition) is 4. The Balaban J connectivity index is 1.91. The summed E-state index contributed by atoms with van der Waals surface area (Å²) < 4.78 is 45.9. The van der Waals surface area contributed by atoms with Crippen LogP contribution in [0.4, 0.5) is 18.9 Å². The second-order valence-corrected chi connectivity index (χ2v) is 9.40. The Kier molecular flexibility index (Phi) is 7.77. The third-order valence-corrected chi connectivity index (χ3v) is 5.69. The lowest BCUT2D eigenvalue weighted by molar-refractivity contribution is -0.274. The number of aryl methyl sites for hydroxylation is 1. The summed E-state index contributed by atoms with van der Waals surface area (Å²) in [5.41, 5.74) is 4.65. The molecule has 0 radical (unpaired) electrons. The molecule has 0 atom stereocenters. The van der Waals surface area contributed by atoms with Crippen molar-refractivity contribution in [2.24, 2.45) is 0 Å². The first-order valence-corrected chi connectivity index (χ1v) is 11.2. The topological polar surface area (TPSA) is 55.8 Å². The van der Waals surface area contributed by atoms with Gasteiger partial charge in [-0.3, -0.25) is 9.69 Å². The number of nitrogens with zero attached hydrogens (tertiary/aromatic N) is 1. The average Bonchev–Trinajstić information content (AvgIpc) is 2.81. The standard InChI is InChI=1S/C28H28F3NO4/c1-18-16-22(12-15-24(18)20-8-13-23(14-9-20)36-28(29,30)31)32(25(33)26(34)35-5)17-19-6-10-21(11-7-19)27(2,3)4/h6-16H,17H2,1-5H3. The third kappa shape index (κ3) is 6.65. The van der Waals surface area contributed by atoms with Gasteiger partial charge >= 0.3 is 18.2 Å². The van der Waals surface area contributed by atoms with E-state index in [1.54, 1.807) is 18.2 Å². The van der Waals surface area contributed by atoms with Crippen molar-refractivity contribution in [1.29, 1.82) is 0 Å². The highest BCUT2D eigenvalue weighted by Gasteiger charge is 2.31. The third-order valence-electron chi connectivity index (χ3n) is 5.69. The van der Waals surface area contributed by atoms with E-state index in [-0.39, 0.29) is 17.7 Å². The van der Waals surface area contributed by atoms with Crippen molar-refractivity contribution in [3.63, 3.8) is 0 Å². The van der Waals surface area contributed by atoms with E-state index in [0.717, 1.165) is 29.4 Å². The molecular weight excluding hydrogens is 471 g/mol. The average molecular weight is 500 g/mol. The molecular formula is C28H28F3NO4. The van der Waals surface area contributed by atoms with Gasteiger partial charge in [0.25, 0.3) is 0 Å². The van der Waals surface area contributed by atoms with Crippen LogP contribution in [0.15, 0.2) is 66.7 Å². The van der Waals surface area contributed by atoms with Crippen LogP contribution in [0.25, 0.3) is 11.1 Å². The van der Waals surface area contributed by atoms with Crippen molar-refractivity contribution >= 4 is 17.6 Å². The number of hydrogen-bond donors (Lipinski definition) is 0. The van der Waals surface area contributed by atoms with Gasteiger partial charge in [-0.25, -0.2) is 4.79 Å². The summed E-state index contributed by atoms with van der Waals surface area (Å²) in [4.78, 5) is 26.3. The van der Waals surface area contributed by atoms with Gasteiger partial charge in [-0.05, 0) is 64.4 Å². The minimum Gasteiger partial charge on any atom is -0.462 e. The summed E-state index contributed by atoms with van der Waals surface area (Å²) in [6.45, 7) is 8.29. The first-order chi connectivity index (χ1) is 16.8. The number of amides is 1. The van der Waals surface area contributed by atoms with E-state index in [1.807, 2.05) is 31.2 Å². The molecule has 1 amide bonds. The maximum atomic E-state index is 12.9. The smallest absolute Gasteiger partial charge is 0.462 e. The van der Waals surface area contributed by atoms with Crippen LogP contribution < -0.4 is 9.64 Å². The van der Waals surface area contributed by atoms with Crippen LogP contribution in [-0.2, 0) is 26.3 Å². The highest BCUT2D eigenvalue weighted by atomic mass is 19.4. The zero-order valence-electron chi connectivity index (χ0n) is 20.8. The molecule has 3 aromatic rings. The number of rotatable bonds is 5. The van der Waals surface area contributed by atoms with E-state index in [4.69, 9.17) is 0 Å². The molecule has 8 heteroatoms. The first kappa shape index (κ1) is 26.8. The van der Waals surface area contributed by atoms with E-state index < -0.39 is 18.2 Å². The zero-order chi connectivity index (χ0) is 26.7. The van der Waals surface area contributed by atoms with Crippen LogP contribution >= 0.6 is 0 Å². The zero-order valence-corrected chi connectivity index (χ0v) is 20.8. The molecule has 0 aliphatic heterocycles. The molecule has 0 aromatic heterocycles. The molecule has 190 valence electrons. The summed E-state index contributed by atoms with van der Waals surface area (Å²) in [7, 11) is 1.15. The molecule has 0 saturated carbocycles. The Labute approximate surface area is 208 Å². The lowest BCUT2D eigenvalue weighted by Crippen LogP contribution is -2.37. The maximum absolute atomic E-state index is 12.9. The Bertz CT molecular complexity index is 1230. The number of alkyl halides is 3. The maximum Gasteiger partial charge on any atom is 0.573 e. The van der Waals surface area contributed by atoms with Gasteiger partial charge in [0.05, 0.1) is 13.7 Å². The van der Waals surface area contributed by atoms with Crippen molar-refractivity contribution in [3.8, 4) is 16.9 Å². The molecule has 36 heavy (non-hydrogen) atoms. The Morgan fingerprint density at radius 2 is 1.50 bits per heavy atom. The number of esters is 1. The number of ether oxygens (including phenoxy) is 2. The quantitative estimate of drug-likeness (QED) is 0.295. The van der Waals surface area contributed by atoms with Crippen LogP contribution in [-0.4, -0.2) is 25.3 Å². The normalized spacial score (nSPS) is 11.7. The molecule has 0 fully saturated rings. The van der Waals surface area contributed by atoms with Gasteiger partial charge in [-0.2, -0.15) is 0 Å². The monoisotopic (exact) mass is 499 g/mol. The molecule has 3 aromatic carbocycles. The van der Waals surface area contributed by atoms with Gasteiger partial charge < -0.3 is 9.47 Å². The second kappa shape index (κ2) is 10.4. The van der Waals surface area contributed by atoms with E-state index in [9.17, 15) is 22.8 Å². The SMILES string of the molecule is COC(=O)C(=O)N(Cc1ccc(C(C)(C)C)cc1)c1ccc(-c2ccc(OC(F)(F)F)cc2)c(C)c1. The van der Waals surface area contributed by atoms with Crippen molar-refractivity contribution < 1.29 is 32.2 Å². The fourth-order valence-corrected chi connectivity index (χ4v) is 3.75. The number of carbonyl (C=O) groups excluding carboxylic acids is 2. The summed E-state index contributed by atoms with van der Waals surface area (Å²) in [6.07, 6.45) is -4.76. The summed E-state index contributed by atoms with van der Waals surface area (Å²) in [5, 5.41) is 0. The molecule has 0 unspecified atom stereocenters. The number of benzene rings is 3. The van der Waals surface area contributed by atoms with Gasteiger partial charge in [-0.1, -0.05) is 63.2 Å². The fourth-order valence-electron chi connectivity index (χ4n) is 3.75. The summed E-state index contributed by atoms with van der Waals surface area (Å²) in [6, 6.07) is 18.6. The van der Waals surface area contributed by atoms with Crippen LogP contribution in [0.2, 0.25) is 0 Å². The summed E-state index contributed by atoms with van der Waals surface area (Å²) >= 11 is 0. The second-order valence-electron chi connectivity index (χ2n) is 9.40. The van der Waals surface area contributed by atoms with E-state index in [0.29, 0.717) is 11.3 Å². The lowest BCUT2D eigenvalue weighted by atomic mass is 9.87. The van der Waals surface area contributed by atoms with Crippen molar-refractivity contribution in [1.82, 2.24) is 0 Å². The predicted octanol–water partition coefficient (Wildman–Crippen LogP) is 6.56. The molecule has 5 nitrogen and oxygen atoms in total. The van der Waals surface area contributed by atoms with E-state index in [1.165, 1.54) is 29.2 Å². The number of anilines is 1. The van der Waals surface area contributed by atoms with Crippen LogP contribution in [0, 0.1) is 6.92 Å². The Hall–Kier alpha value is -3.81. The molecule has 0 aliphatic rings. The fraction of sp³-hybridized carbons (Fsp3) is 0.286. The minimum atomic E-state index is -4.76. The van der Waals surface area contributed by atoms with Gasteiger partial charge in [0.15, 0.2) is 0 Å². The molecule has 0 spiro atoms. The highest BCUT2D eigenvalue weighted by molar-refractivity contribution is 6.38. The number of carbonyl (C=O) groups is 2. The molecule has 0 heterocycles. The van der Waals surface area contributed by atoms with E-state index >= 15 is 0 Å². The Morgan fingerprint density at radius 3 is 2.00 bits per heavy atom. The number of halogens is 3. The van der Waals surface area contributed by atoms with Crippen molar-refractivity contribution in [2.75, 3.05) is 12.0 Å². The van der Waals surface area contributed by atoms with Gasteiger partial charge in [0.1, 0.15) is 5.75 Å². The number of methoxy groups -OCH3 is 1. The molecule has 0 bridgehead atoms. The minimum absolute atomic E-state index is 0.0237. The molecule has 0 saturated heterocycles. The molecule has 3 rings (SSSR count). The van der Waals surface area contributed by atoms with Gasteiger partial charge in [0.2, 0.25) is 0 Å². The van der Waals surface area contributed by atoms with Crippen LogP contribution in [0.5, 0.6) is 5.75 Å². The van der Waals surface area contributed by atoms with E-state index in [2.05, 4.69) is 30.2 Å². The predicted molar refractivity (Wildman–Crippen MR) is 132 cm³/mol. The Morgan fingerprint density at radius 1 is 0.889 bits per heavy atom. The van der Waals surface area contributed by atoms with Crippen molar-refractivity contribution in [2.45, 2.75) is 46.0 Å². The lowest BCUT2D eigenvalue weighted by Gasteiger charge is -2.24. The molecule has 0 N–H and O–H groups in total. The molecule has 0 aliphatic carbocycles. The van der Waals surface area contributed by atoms with Gasteiger partial charge in [-0.15, -0.1) is 13.2 Å². The highest BCUT2D eigenvalue weighted by Crippen LogP contribution is 2.31. The van der Waals surface area contributed by atoms with Crippen LogP contribution in [0.1, 0.15) is 37.5 Å². The first-order valence-electron chi connectivity index (χ1n) is 11.2. The van der Waals surface area contributed by atoms with Crippen molar-refractivity contribution in [3.05, 3.63) is 83.4 Å².